The van der Waals surface area contributed by atoms with Crippen LogP contribution in [0.5, 0.6) is 5.75 Å². The molecule has 160 valence electrons. The lowest BCUT2D eigenvalue weighted by Gasteiger charge is -2.16. The molecule has 31 heavy (non-hydrogen) atoms. The quantitative estimate of drug-likeness (QED) is 0.488. The highest BCUT2D eigenvalue weighted by atomic mass is 19.1. The third-order valence-corrected chi connectivity index (χ3v) is 5.35. The van der Waals surface area contributed by atoms with Gasteiger partial charge in [0.25, 0.3) is 0 Å². The Labute approximate surface area is 180 Å². The molecule has 0 bridgehead atoms. The van der Waals surface area contributed by atoms with Gasteiger partial charge in [0.2, 0.25) is 5.91 Å². The van der Waals surface area contributed by atoms with Crippen molar-refractivity contribution < 1.29 is 13.9 Å². The van der Waals surface area contributed by atoms with Gasteiger partial charge in [0, 0.05) is 23.2 Å². The molecule has 1 amide bonds. The van der Waals surface area contributed by atoms with Gasteiger partial charge in [-0.05, 0) is 57.0 Å². The average molecular weight is 420 g/mol. The summed E-state index contributed by atoms with van der Waals surface area (Å²) < 4.78 is 21.0. The first-order chi connectivity index (χ1) is 14.9. The number of ether oxygens (including phenoxy) is 1. The van der Waals surface area contributed by atoms with Crippen LogP contribution in [0.2, 0.25) is 0 Å². The minimum atomic E-state index is -0.416. The van der Waals surface area contributed by atoms with Gasteiger partial charge < -0.3 is 10.1 Å². The largest absolute Gasteiger partial charge is 0.488 e. The molecule has 0 radical (unpaired) electrons. The van der Waals surface area contributed by atoms with Crippen LogP contribution in [0, 0.1) is 19.7 Å². The molecule has 0 fully saturated rings. The lowest BCUT2D eigenvalue weighted by atomic mass is 10.1. The minimum absolute atomic E-state index is 0.0887. The molecule has 0 aliphatic carbocycles. The summed E-state index contributed by atoms with van der Waals surface area (Å²) in [6.45, 7) is 5.99. The lowest BCUT2D eigenvalue weighted by Crippen LogP contribution is -2.37. The van der Waals surface area contributed by atoms with Gasteiger partial charge in [-0.1, -0.05) is 24.3 Å². The van der Waals surface area contributed by atoms with Crippen molar-refractivity contribution in [2.24, 2.45) is 0 Å². The predicted molar refractivity (Wildman–Crippen MR) is 118 cm³/mol. The van der Waals surface area contributed by atoms with E-state index in [2.05, 4.69) is 10.4 Å². The molecule has 1 atom stereocenters. The summed E-state index contributed by atoms with van der Waals surface area (Å²) >= 11 is 0. The number of carbonyl (C=O) groups excluding carboxylic acids is 1. The second kappa shape index (κ2) is 8.71. The fourth-order valence-corrected chi connectivity index (χ4v) is 3.74. The van der Waals surface area contributed by atoms with Gasteiger partial charge in [-0.3, -0.25) is 4.79 Å². The number of para-hydroxylation sites is 1. The third-order valence-electron chi connectivity index (χ3n) is 5.35. The van der Waals surface area contributed by atoms with Gasteiger partial charge in [-0.15, -0.1) is 0 Å². The molecular weight excluding hydrogens is 395 g/mol. The van der Waals surface area contributed by atoms with E-state index in [9.17, 15) is 9.18 Å². The summed E-state index contributed by atoms with van der Waals surface area (Å²) in [6, 6.07) is 13.9. The molecule has 4 rings (SSSR count). The van der Waals surface area contributed by atoms with Crippen LogP contribution in [0.1, 0.15) is 30.3 Å². The van der Waals surface area contributed by atoms with Crippen molar-refractivity contribution in [2.75, 3.05) is 6.61 Å². The van der Waals surface area contributed by atoms with Crippen molar-refractivity contribution in [1.29, 1.82) is 0 Å². The molecule has 0 saturated heterocycles. The maximum atomic E-state index is 13.6. The van der Waals surface area contributed by atoms with Crippen LogP contribution in [-0.2, 0) is 11.2 Å². The number of hydrogen-bond donors (Lipinski definition) is 1. The molecule has 0 spiro atoms. The molecular formula is C24H25FN4O2. The number of halogens is 1. The first-order valence-corrected chi connectivity index (χ1v) is 10.3. The molecule has 1 N–H and O–H groups in total. The SMILES string of the molecule is Cc1nc2c3ccccc3nn2c(C)c1CCC(=O)NC(C)COc1ccccc1F. The van der Waals surface area contributed by atoms with E-state index >= 15 is 0 Å². The van der Waals surface area contributed by atoms with E-state index in [4.69, 9.17) is 9.72 Å². The Hall–Kier alpha value is -3.48. The van der Waals surface area contributed by atoms with E-state index in [0.29, 0.717) is 12.8 Å². The zero-order valence-electron chi connectivity index (χ0n) is 17.9. The predicted octanol–water partition coefficient (Wildman–Crippen LogP) is 4.15. The van der Waals surface area contributed by atoms with Crippen LogP contribution >= 0.6 is 0 Å². The number of fused-ring (bicyclic) bond motifs is 3. The molecule has 1 unspecified atom stereocenters. The van der Waals surface area contributed by atoms with Crippen LogP contribution in [0.4, 0.5) is 4.39 Å². The Bertz CT molecular complexity index is 1250. The minimum Gasteiger partial charge on any atom is -0.488 e. The molecule has 2 heterocycles. The van der Waals surface area contributed by atoms with Crippen LogP contribution in [0.3, 0.4) is 0 Å². The molecule has 0 aliphatic heterocycles. The Balaban J connectivity index is 1.40. The van der Waals surface area contributed by atoms with Crippen LogP contribution < -0.4 is 10.1 Å². The summed E-state index contributed by atoms with van der Waals surface area (Å²) in [6.07, 6.45) is 0.878. The van der Waals surface area contributed by atoms with Gasteiger partial charge in [0.15, 0.2) is 17.2 Å². The molecule has 7 heteroatoms. The standard InChI is InChI=1S/C24H25FN4O2/c1-15(14-31-22-11-7-5-9-20(22)25)26-23(30)13-12-18-16(2)27-24-19-8-4-6-10-21(19)28-29(24)17(18)3/h4-11,15H,12-14H2,1-3H3,(H,26,30). The van der Waals surface area contributed by atoms with Crippen molar-refractivity contribution in [3.63, 3.8) is 0 Å². The van der Waals surface area contributed by atoms with E-state index < -0.39 is 5.82 Å². The van der Waals surface area contributed by atoms with Crippen molar-refractivity contribution in [2.45, 2.75) is 39.7 Å². The Kier molecular flexibility index (Phi) is 5.84. The summed E-state index contributed by atoms with van der Waals surface area (Å²) in [5.41, 5.74) is 4.64. The second-order valence-electron chi connectivity index (χ2n) is 7.72. The summed E-state index contributed by atoms with van der Waals surface area (Å²) in [5.74, 6) is -0.323. The smallest absolute Gasteiger partial charge is 0.220 e. The number of amides is 1. The van der Waals surface area contributed by atoms with E-state index in [1.807, 2.05) is 49.6 Å². The Morgan fingerprint density at radius 1 is 1.16 bits per heavy atom. The molecule has 6 nitrogen and oxygen atoms in total. The van der Waals surface area contributed by atoms with Gasteiger partial charge in [-0.2, -0.15) is 5.10 Å². The Morgan fingerprint density at radius 3 is 2.71 bits per heavy atom. The number of hydrogen-bond acceptors (Lipinski definition) is 4. The van der Waals surface area contributed by atoms with Crippen molar-refractivity contribution in [3.8, 4) is 5.75 Å². The molecule has 0 saturated carbocycles. The van der Waals surface area contributed by atoms with E-state index in [0.717, 1.165) is 33.5 Å². The molecule has 2 aromatic carbocycles. The number of aryl methyl sites for hydroxylation is 2. The fraction of sp³-hybridized carbons (Fsp3) is 0.292. The average Bonchev–Trinajstić information content (AvgIpc) is 3.12. The lowest BCUT2D eigenvalue weighted by molar-refractivity contribution is -0.121. The van der Waals surface area contributed by atoms with Crippen molar-refractivity contribution in [1.82, 2.24) is 19.9 Å². The Morgan fingerprint density at radius 2 is 1.90 bits per heavy atom. The molecule has 4 aromatic rings. The summed E-state index contributed by atoms with van der Waals surface area (Å²) in [5, 5.41) is 8.58. The van der Waals surface area contributed by atoms with Crippen LogP contribution in [-0.4, -0.2) is 33.2 Å². The van der Waals surface area contributed by atoms with Crippen LogP contribution in [0.25, 0.3) is 16.6 Å². The fourth-order valence-electron chi connectivity index (χ4n) is 3.74. The van der Waals surface area contributed by atoms with Gasteiger partial charge in [0.1, 0.15) is 6.61 Å². The van der Waals surface area contributed by atoms with Crippen molar-refractivity contribution >= 4 is 22.5 Å². The maximum Gasteiger partial charge on any atom is 0.220 e. The third kappa shape index (κ3) is 4.35. The number of nitrogens with zero attached hydrogens (tertiary/aromatic N) is 3. The van der Waals surface area contributed by atoms with Gasteiger partial charge in [0.05, 0.1) is 11.6 Å². The van der Waals surface area contributed by atoms with Crippen molar-refractivity contribution in [3.05, 3.63) is 71.3 Å². The zero-order chi connectivity index (χ0) is 22.0. The number of aromatic nitrogens is 3. The maximum absolute atomic E-state index is 13.6. The highest BCUT2D eigenvalue weighted by Crippen LogP contribution is 2.23. The van der Waals surface area contributed by atoms with E-state index in [1.54, 1.807) is 18.2 Å². The number of rotatable bonds is 7. The van der Waals surface area contributed by atoms with Gasteiger partial charge in [-0.25, -0.2) is 13.9 Å². The highest BCUT2D eigenvalue weighted by Gasteiger charge is 2.16. The molecule has 0 aliphatic rings. The number of carbonyl (C=O) groups is 1. The zero-order valence-corrected chi connectivity index (χ0v) is 17.9. The number of benzene rings is 2. The summed E-state index contributed by atoms with van der Waals surface area (Å²) in [4.78, 5) is 17.2. The normalized spacial score (nSPS) is 12.3. The monoisotopic (exact) mass is 420 g/mol. The second-order valence-corrected chi connectivity index (χ2v) is 7.72. The molecule has 2 aromatic heterocycles. The topological polar surface area (TPSA) is 68.5 Å². The number of nitrogens with one attached hydrogen (secondary N) is 1. The first kappa shape index (κ1) is 20.8. The van der Waals surface area contributed by atoms with Crippen LogP contribution in [0.15, 0.2) is 48.5 Å². The summed E-state index contributed by atoms with van der Waals surface area (Å²) in [7, 11) is 0. The highest BCUT2D eigenvalue weighted by molar-refractivity contribution is 5.92. The van der Waals surface area contributed by atoms with Gasteiger partial charge >= 0.3 is 0 Å². The first-order valence-electron chi connectivity index (χ1n) is 10.3. The van der Waals surface area contributed by atoms with E-state index in [-0.39, 0.29) is 24.3 Å². The van der Waals surface area contributed by atoms with E-state index in [1.165, 1.54) is 6.07 Å².